The lowest BCUT2D eigenvalue weighted by Crippen LogP contribution is -2.40. The van der Waals surface area contributed by atoms with E-state index in [4.69, 9.17) is 14.2 Å². The van der Waals surface area contributed by atoms with Crippen molar-refractivity contribution in [2.45, 2.75) is 25.7 Å². The number of methoxy groups -OCH3 is 1. The van der Waals surface area contributed by atoms with Crippen molar-refractivity contribution in [2.75, 3.05) is 49.8 Å². The monoisotopic (exact) mass is 487 g/mol. The third kappa shape index (κ3) is 8.74. The van der Waals surface area contributed by atoms with Gasteiger partial charge in [0.05, 0.1) is 31.8 Å². The van der Waals surface area contributed by atoms with Crippen LogP contribution in [0, 0.1) is 0 Å². The van der Waals surface area contributed by atoms with Crippen LogP contribution in [0.25, 0.3) is 6.08 Å². The molecule has 2 aromatic carbocycles. The maximum atomic E-state index is 11.8. The Morgan fingerprint density at radius 1 is 0.882 bits per heavy atom. The fourth-order valence-corrected chi connectivity index (χ4v) is 4.77. The van der Waals surface area contributed by atoms with E-state index < -0.39 is 9.84 Å². The summed E-state index contributed by atoms with van der Waals surface area (Å²) < 4.78 is 39.3. The average molecular weight is 488 g/mol. The maximum Gasteiger partial charge on any atom is 0.330 e. The maximum absolute atomic E-state index is 11.8. The molecular formula is C26H33NO6S. The largest absolute Gasteiger partial charge is 0.497 e. The molecule has 0 N–H and O–H groups in total. The normalized spacial score (nSPS) is 15.3. The molecular weight excluding hydrogens is 454 g/mol. The first-order chi connectivity index (χ1) is 16.4. The van der Waals surface area contributed by atoms with Crippen LogP contribution in [0.4, 0.5) is 5.69 Å². The molecule has 1 aliphatic rings. The van der Waals surface area contributed by atoms with Crippen LogP contribution in [0.2, 0.25) is 0 Å². The topological polar surface area (TPSA) is 82.1 Å². The highest BCUT2D eigenvalue weighted by Gasteiger charge is 2.21. The zero-order chi connectivity index (χ0) is 24.2. The molecule has 7 nitrogen and oxygen atoms in total. The van der Waals surface area contributed by atoms with Gasteiger partial charge < -0.3 is 19.1 Å². The first kappa shape index (κ1) is 25.6. The molecule has 34 heavy (non-hydrogen) atoms. The molecule has 2 aromatic rings. The average Bonchev–Trinajstić information content (AvgIpc) is 2.85. The van der Waals surface area contributed by atoms with E-state index in [2.05, 4.69) is 4.90 Å². The Morgan fingerprint density at radius 2 is 1.50 bits per heavy atom. The van der Waals surface area contributed by atoms with Crippen molar-refractivity contribution in [2.24, 2.45) is 0 Å². The zero-order valence-electron chi connectivity index (χ0n) is 19.6. The molecule has 3 rings (SSSR count). The van der Waals surface area contributed by atoms with Crippen molar-refractivity contribution in [1.82, 2.24) is 0 Å². The van der Waals surface area contributed by atoms with E-state index in [1.165, 1.54) is 6.08 Å². The van der Waals surface area contributed by atoms with E-state index in [1.54, 1.807) is 13.2 Å². The molecule has 0 amide bonds. The number of esters is 1. The Balaban J connectivity index is 1.22. The van der Waals surface area contributed by atoms with Crippen LogP contribution in [-0.2, 0) is 19.4 Å². The number of anilines is 1. The lowest BCUT2D eigenvalue weighted by Gasteiger charge is -2.28. The van der Waals surface area contributed by atoms with Crippen molar-refractivity contribution in [1.29, 1.82) is 0 Å². The molecule has 8 heteroatoms. The third-order valence-electron chi connectivity index (χ3n) is 5.63. The lowest BCUT2D eigenvalue weighted by atomic mass is 10.2. The minimum absolute atomic E-state index is 0.213. The second kappa shape index (κ2) is 13.0. The van der Waals surface area contributed by atoms with Gasteiger partial charge in [-0.1, -0.05) is 12.1 Å². The number of carbonyl (C=O) groups is 1. The number of benzene rings is 2. The van der Waals surface area contributed by atoms with E-state index in [9.17, 15) is 13.2 Å². The summed E-state index contributed by atoms with van der Waals surface area (Å²) in [7, 11) is -1.26. The van der Waals surface area contributed by atoms with Crippen LogP contribution in [0.5, 0.6) is 11.5 Å². The van der Waals surface area contributed by atoms with E-state index in [0.717, 1.165) is 48.4 Å². The number of sulfone groups is 1. The van der Waals surface area contributed by atoms with Crippen molar-refractivity contribution >= 4 is 27.6 Å². The van der Waals surface area contributed by atoms with Gasteiger partial charge in [0, 0.05) is 24.9 Å². The zero-order valence-corrected chi connectivity index (χ0v) is 20.5. The van der Waals surface area contributed by atoms with Crippen molar-refractivity contribution in [3.63, 3.8) is 0 Å². The molecule has 1 saturated heterocycles. The summed E-state index contributed by atoms with van der Waals surface area (Å²) in [5.74, 6) is 1.67. The summed E-state index contributed by atoms with van der Waals surface area (Å²) in [6.45, 7) is 2.12. The molecule has 184 valence electrons. The van der Waals surface area contributed by atoms with Gasteiger partial charge in [0.1, 0.15) is 11.5 Å². The number of rotatable bonds is 12. The fourth-order valence-electron chi connectivity index (χ4n) is 3.57. The summed E-state index contributed by atoms with van der Waals surface area (Å²) >= 11 is 0. The molecule has 0 aliphatic carbocycles. The molecule has 0 unspecified atom stereocenters. The van der Waals surface area contributed by atoms with E-state index in [0.29, 0.717) is 26.3 Å². The number of ether oxygens (including phenoxy) is 3. The van der Waals surface area contributed by atoms with E-state index in [-0.39, 0.29) is 17.5 Å². The number of hydrogen-bond donors (Lipinski definition) is 0. The van der Waals surface area contributed by atoms with Crippen molar-refractivity contribution in [3.05, 3.63) is 60.2 Å². The molecule has 0 atom stereocenters. The summed E-state index contributed by atoms with van der Waals surface area (Å²) in [6.07, 6.45) is 6.88. The van der Waals surface area contributed by atoms with Crippen LogP contribution >= 0.6 is 0 Å². The Kier molecular flexibility index (Phi) is 9.82. The minimum Gasteiger partial charge on any atom is -0.497 e. The molecule has 1 fully saturated rings. The number of carbonyl (C=O) groups excluding carboxylic acids is 1. The van der Waals surface area contributed by atoms with Gasteiger partial charge in [-0.2, -0.15) is 0 Å². The van der Waals surface area contributed by atoms with Crippen LogP contribution < -0.4 is 14.4 Å². The van der Waals surface area contributed by atoms with Gasteiger partial charge in [-0.05, 0) is 73.7 Å². The SMILES string of the molecule is COc1ccc(/C=C/C(=O)OCCCCCCOc2ccc(N3CCS(=O)(=O)CC3)cc2)cc1. The minimum atomic E-state index is -2.87. The molecule has 0 radical (unpaired) electrons. The van der Waals surface area contributed by atoms with Gasteiger partial charge in [-0.15, -0.1) is 0 Å². The highest BCUT2D eigenvalue weighted by atomic mass is 32.2. The first-order valence-electron chi connectivity index (χ1n) is 11.6. The summed E-state index contributed by atoms with van der Waals surface area (Å²) in [5, 5.41) is 0. The lowest BCUT2D eigenvalue weighted by molar-refractivity contribution is -0.137. The Hall–Kier alpha value is -3.00. The van der Waals surface area contributed by atoms with E-state index in [1.807, 2.05) is 48.5 Å². The van der Waals surface area contributed by atoms with Gasteiger partial charge in [-0.25, -0.2) is 13.2 Å². The van der Waals surface area contributed by atoms with E-state index >= 15 is 0 Å². The summed E-state index contributed by atoms with van der Waals surface area (Å²) in [6, 6.07) is 15.2. The Labute approximate surface area is 202 Å². The van der Waals surface area contributed by atoms with Crippen LogP contribution in [0.15, 0.2) is 54.6 Å². The second-order valence-electron chi connectivity index (χ2n) is 8.17. The van der Waals surface area contributed by atoms with Crippen molar-refractivity contribution in [3.8, 4) is 11.5 Å². The molecule has 0 bridgehead atoms. The predicted molar refractivity (Wildman–Crippen MR) is 134 cm³/mol. The number of nitrogens with zero attached hydrogens (tertiary/aromatic N) is 1. The second-order valence-corrected chi connectivity index (χ2v) is 10.5. The quantitative estimate of drug-likeness (QED) is 0.253. The number of hydrogen-bond acceptors (Lipinski definition) is 7. The Bertz CT molecular complexity index is 1020. The van der Waals surface area contributed by atoms with Crippen LogP contribution in [0.3, 0.4) is 0 Å². The first-order valence-corrected chi connectivity index (χ1v) is 13.4. The summed E-state index contributed by atoms with van der Waals surface area (Å²) in [4.78, 5) is 13.9. The van der Waals surface area contributed by atoms with Crippen molar-refractivity contribution < 1.29 is 27.4 Å². The molecule has 0 saturated carbocycles. The number of unbranched alkanes of at least 4 members (excludes halogenated alkanes) is 3. The highest BCUT2D eigenvalue weighted by molar-refractivity contribution is 7.91. The van der Waals surface area contributed by atoms with Gasteiger partial charge in [-0.3, -0.25) is 0 Å². The van der Waals surface area contributed by atoms with Crippen LogP contribution in [-0.4, -0.2) is 59.3 Å². The van der Waals surface area contributed by atoms with Gasteiger partial charge in [0.2, 0.25) is 0 Å². The van der Waals surface area contributed by atoms with Crippen LogP contribution in [0.1, 0.15) is 31.2 Å². The van der Waals surface area contributed by atoms with Gasteiger partial charge in [0.15, 0.2) is 9.84 Å². The Morgan fingerprint density at radius 3 is 2.15 bits per heavy atom. The molecule has 1 aliphatic heterocycles. The third-order valence-corrected chi connectivity index (χ3v) is 7.23. The van der Waals surface area contributed by atoms with Gasteiger partial charge in [0.25, 0.3) is 0 Å². The highest BCUT2D eigenvalue weighted by Crippen LogP contribution is 2.21. The standard InChI is InChI=1S/C26H33NO6S/c1-31-24-11-6-22(7-12-24)8-15-26(28)33-19-5-3-2-4-18-32-25-13-9-23(10-14-25)27-16-20-34(29,30)21-17-27/h6-15H,2-5,16-21H2,1H3/b15-8+. The summed E-state index contributed by atoms with van der Waals surface area (Å²) in [5.41, 5.74) is 1.94. The van der Waals surface area contributed by atoms with Gasteiger partial charge >= 0.3 is 5.97 Å². The molecule has 0 aromatic heterocycles. The fraction of sp³-hybridized carbons (Fsp3) is 0.423. The molecule has 0 spiro atoms. The predicted octanol–water partition coefficient (Wildman–Crippen LogP) is 4.13. The smallest absolute Gasteiger partial charge is 0.330 e. The molecule has 1 heterocycles.